The number of likely N-dealkylation sites (N-methyl/N-ethyl adjacent to an activating group) is 1. The molecule has 4 aromatic rings. The maximum atomic E-state index is 14.3. The van der Waals surface area contributed by atoms with Crippen LogP contribution in [0.2, 0.25) is 0 Å². The molecule has 164 valence electrons. The summed E-state index contributed by atoms with van der Waals surface area (Å²) >= 11 is 1.35. The molecule has 1 fully saturated rings. The van der Waals surface area contributed by atoms with Crippen molar-refractivity contribution < 1.29 is 9.18 Å². The number of anilines is 1. The molecule has 1 aliphatic rings. The predicted octanol–water partition coefficient (Wildman–Crippen LogP) is 3.91. The number of carbonyl (C=O) groups excluding carboxylic acids is 1. The first-order chi connectivity index (χ1) is 15.4. The van der Waals surface area contributed by atoms with E-state index in [1.807, 2.05) is 18.3 Å². The van der Waals surface area contributed by atoms with Gasteiger partial charge in [0.15, 0.2) is 17.2 Å². The third-order valence-electron chi connectivity index (χ3n) is 5.88. The van der Waals surface area contributed by atoms with Crippen LogP contribution in [0.3, 0.4) is 0 Å². The van der Waals surface area contributed by atoms with Crippen LogP contribution in [0, 0.1) is 5.82 Å². The first-order valence-electron chi connectivity index (χ1n) is 10.4. The van der Waals surface area contributed by atoms with Gasteiger partial charge in [-0.1, -0.05) is 0 Å². The van der Waals surface area contributed by atoms with Crippen molar-refractivity contribution in [2.24, 2.45) is 0 Å². The summed E-state index contributed by atoms with van der Waals surface area (Å²) in [5, 5.41) is 5.80. The second-order valence-corrected chi connectivity index (χ2v) is 9.34. The number of aromatic nitrogens is 4. The number of Topliss-reactive ketones (excluding diaryl/α,β-unsaturated/α-hetero) is 1. The Hall–Kier alpha value is -3.04. The van der Waals surface area contributed by atoms with Gasteiger partial charge < -0.3 is 9.80 Å². The van der Waals surface area contributed by atoms with Gasteiger partial charge in [0, 0.05) is 41.2 Å². The van der Waals surface area contributed by atoms with Gasteiger partial charge in [0.2, 0.25) is 5.16 Å². The Morgan fingerprint density at radius 2 is 2.09 bits per heavy atom. The molecule has 0 bridgehead atoms. The topological polar surface area (TPSA) is 66.6 Å². The molecule has 1 aromatic carbocycles. The smallest absolute Gasteiger partial charge is 0.214 e. The lowest BCUT2D eigenvalue weighted by molar-refractivity contribution is 0.101. The number of nitrogens with zero attached hydrogens (tertiary/aromatic N) is 6. The van der Waals surface area contributed by atoms with E-state index >= 15 is 0 Å². The van der Waals surface area contributed by atoms with Crippen LogP contribution in [0.5, 0.6) is 0 Å². The Morgan fingerprint density at radius 3 is 2.84 bits per heavy atom. The monoisotopic (exact) mass is 450 g/mol. The lowest BCUT2D eigenvalue weighted by Gasteiger charge is -2.21. The molecule has 1 aliphatic heterocycles. The number of hydrogen-bond donors (Lipinski definition) is 0. The summed E-state index contributed by atoms with van der Waals surface area (Å²) in [6.07, 6.45) is 4.58. The zero-order valence-corrected chi connectivity index (χ0v) is 18.9. The molecule has 1 saturated heterocycles. The highest BCUT2D eigenvalue weighted by molar-refractivity contribution is 7.99. The number of rotatable bonds is 5. The highest BCUT2D eigenvalue weighted by atomic mass is 32.2. The van der Waals surface area contributed by atoms with E-state index < -0.39 is 5.82 Å². The first kappa shape index (κ1) is 20.8. The summed E-state index contributed by atoms with van der Waals surface area (Å²) in [5.74, 6) is -0.783. The molecule has 0 unspecified atom stereocenters. The highest BCUT2D eigenvalue weighted by Crippen LogP contribution is 2.31. The number of ketones is 1. The largest absolute Gasteiger partial charge is 0.369 e. The third-order valence-corrected chi connectivity index (χ3v) is 6.73. The minimum absolute atomic E-state index is 0.103. The number of carbonyl (C=O) groups is 1. The predicted molar refractivity (Wildman–Crippen MR) is 123 cm³/mol. The van der Waals surface area contributed by atoms with Gasteiger partial charge in [-0.2, -0.15) is 4.98 Å². The highest BCUT2D eigenvalue weighted by Gasteiger charge is 2.24. The van der Waals surface area contributed by atoms with E-state index in [0.717, 1.165) is 41.0 Å². The Balaban J connectivity index is 1.42. The summed E-state index contributed by atoms with van der Waals surface area (Å²) in [6.45, 7) is 3.41. The zero-order chi connectivity index (χ0) is 22.4. The quantitative estimate of drug-likeness (QED) is 0.427. The molecule has 5 rings (SSSR count). The van der Waals surface area contributed by atoms with E-state index in [0.29, 0.717) is 11.2 Å². The molecule has 0 amide bonds. The molecule has 0 saturated carbocycles. The van der Waals surface area contributed by atoms with Crippen LogP contribution in [0.1, 0.15) is 23.7 Å². The Bertz CT molecular complexity index is 1340. The molecule has 9 heteroatoms. The van der Waals surface area contributed by atoms with Gasteiger partial charge in [-0.25, -0.2) is 8.91 Å². The van der Waals surface area contributed by atoms with E-state index in [-0.39, 0.29) is 17.0 Å². The van der Waals surface area contributed by atoms with Crippen molar-refractivity contribution in [3.05, 3.63) is 54.1 Å². The fraction of sp³-hybridized carbons (Fsp3) is 0.304. The van der Waals surface area contributed by atoms with Crippen LogP contribution in [0.25, 0.3) is 16.6 Å². The molecule has 7 nitrogen and oxygen atoms in total. The van der Waals surface area contributed by atoms with Gasteiger partial charge in [0.1, 0.15) is 0 Å². The third kappa shape index (κ3) is 3.93. The van der Waals surface area contributed by atoms with Gasteiger partial charge in [-0.05, 0) is 69.5 Å². The van der Waals surface area contributed by atoms with Crippen molar-refractivity contribution in [1.82, 2.24) is 24.5 Å². The molecule has 0 aliphatic carbocycles. The fourth-order valence-corrected chi connectivity index (χ4v) is 4.79. The van der Waals surface area contributed by atoms with E-state index in [4.69, 9.17) is 0 Å². The van der Waals surface area contributed by atoms with Crippen molar-refractivity contribution >= 4 is 39.8 Å². The summed E-state index contributed by atoms with van der Waals surface area (Å²) in [6, 6.07) is 9.90. The molecule has 0 radical (unpaired) electrons. The summed E-state index contributed by atoms with van der Waals surface area (Å²) in [5.41, 5.74) is 2.40. The standard InChI is InChI=1S/C23H23FN6OS/c1-14(31)16-10-20(24)22-26-23(27-30(22)12-16)32-19-4-5-21-15(9-19)8-18(11-25-21)29-7-6-17(13-29)28(2)3/h4-5,8-12,17H,6-7,13H2,1-3H3/t17-/m0/s1. The Kier molecular flexibility index (Phi) is 5.30. The molecule has 1 atom stereocenters. The van der Waals surface area contributed by atoms with Crippen LogP contribution in [0.4, 0.5) is 10.1 Å². The summed E-state index contributed by atoms with van der Waals surface area (Å²) in [7, 11) is 4.24. The van der Waals surface area contributed by atoms with Gasteiger partial charge in [-0.3, -0.25) is 9.78 Å². The van der Waals surface area contributed by atoms with E-state index in [1.54, 1.807) is 0 Å². The normalized spacial score (nSPS) is 16.5. The Morgan fingerprint density at radius 1 is 1.25 bits per heavy atom. The molecule has 0 N–H and O–H groups in total. The maximum absolute atomic E-state index is 14.3. The summed E-state index contributed by atoms with van der Waals surface area (Å²) < 4.78 is 15.7. The molecule has 3 aromatic heterocycles. The van der Waals surface area contributed by atoms with Crippen molar-refractivity contribution in [2.75, 3.05) is 32.1 Å². The minimum atomic E-state index is -0.564. The van der Waals surface area contributed by atoms with Crippen LogP contribution >= 0.6 is 11.8 Å². The average Bonchev–Trinajstić information content (AvgIpc) is 3.40. The van der Waals surface area contributed by atoms with Gasteiger partial charge in [-0.15, -0.1) is 5.10 Å². The number of hydrogen-bond acceptors (Lipinski definition) is 7. The molecule has 4 heterocycles. The number of halogens is 1. The first-order valence-corrected chi connectivity index (χ1v) is 11.2. The van der Waals surface area contributed by atoms with E-state index in [9.17, 15) is 9.18 Å². The van der Waals surface area contributed by atoms with Crippen molar-refractivity contribution in [3.63, 3.8) is 0 Å². The second kappa shape index (κ2) is 8.14. The lowest BCUT2D eigenvalue weighted by atomic mass is 10.2. The average molecular weight is 451 g/mol. The van der Waals surface area contributed by atoms with Gasteiger partial charge in [0.25, 0.3) is 0 Å². The molecule has 32 heavy (non-hydrogen) atoms. The fourth-order valence-electron chi connectivity index (χ4n) is 4.00. The summed E-state index contributed by atoms with van der Waals surface area (Å²) in [4.78, 5) is 26.1. The van der Waals surface area contributed by atoms with Crippen molar-refractivity contribution in [1.29, 1.82) is 0 Å². The molecular formula is C23H23FN6OS. The lowest BCUT2D eigenvalue weighted by Crippen LogP contribution is -2.31. The van der Waals surface area contributed by atoms with Crippen molar-refractivity contribution in [2.45, 2.75) is 29.4 Å². The van der Waals surface area contributed by atoms with Crippen LogP contribution < -0.4 is 4.90 Å². The SMILES string of the molecule is CC(=O)c1cc(F)c2nc(Sc3ccc4ncc(N5CC[C@H](N(C)C)C5)cc4c3)nn2c1. The van der Waals surface area contributed by atoms with Gasteiger partial charge >= 0.3 is 0 Å². The Labute approximate surface area is 189 Å². The van der Waals surface area contributed by atoms with Crippen LogP contribution in [0.15, 0.2) is 52.8 Å². The van der Waals surface area contributed by atoms with Crippen LogP contribution in [-0.4, -0.2) is 63.5 Å². The maximum Gasteiger partial charge on any atom is 0.214 e. The minimum Gasteiger partial charge on any atom is -0.369 e. The van der Waals surface area contributed by atoms with E-state index in [2.05, 4.69) is 51.1 Å². The van der Waals surface area contributed by atoms with E-state index in [1.165, 1.54) is 35.5 Å². The zero-order valence-electron chi connectivity index (χ0n) is 18.1. The molecular weight excluding hydrogens is 427 g/mol. The second-order valence-electron chi connectivity index (χ2n) is 8.30. The van der Waals surface area contributed by atoms with Crippen LogP contribution in [-0.2, 0) is 0 Å². The number of fused-ring (bicyclic) bond motifs is 2. The molecule has 0 spiro atoms. The van der Waals surface area contributed by atoms with Crippen molar-refractivity contribution in [3.8, 4) is 0 Å². The number of benzene rings is 1. The van der Waals surface area contributed by atoms with Gasteiger partial charge in [0.05, 0.1) is 17.4 Å². The number of pyridine rings is 2.